The molecule has 0 aliphatic carbocycles. The first-order valence-corrected chi connectivity index (χ1v) is 6.26. The molecule has 0 spiro atoms. The largest absolute Gasteiger partial charge is 0.330 e. The van der Waals surface area contributed by atoms with Crippen molar-refractivity contribution in [2.24, 2.45) is 5.73 Å². The van der Waals surface area contributed by atoms with Crippen molar-refractivity contribution >= 4 is 5.65 Å². The molecule has 3 rings (SSSR count). The van der Waals surface area contributed by atoms with Crippen LogP contribution in [-0.4, -0.2) is 26.4 Å². The topological polar surface area (TPSA) is 69.1 Å². The highest BCUT2D eigenvalue weighted by atomic mass is 15.4. The normalized spacial score (nSPS) is 11.1. The molecule has 96 valence electrons. The van der Waals surface area contributed by atoms with Crippen LogP contribution in [0.3, 0.4) is 0 Å². The number of aryl methyl sites for hydroxylation is 1. The summed E-state index contributed by atoms with van der Waals surface area (Å²) < 4.78 is 1.77. The predicted molar refractivity (Wildman–Crippen MR) is 73.7 cm³/mol. The Hall–Kier alpha value is -2.27. The first kappa shape index (κ1) is 11.8. The molecule has 0 bridgehead atoms. The lowest BCUT2D eigenvalue weighted by Crippen LogP contribution is -2.02. The molecule has 0 saturated carbocycles. The van der Waals surface area contributed by atoms with Crippen LogP contribution in [0.25, 0.3) is 17.0 Å². The summed E-state index contributed by atoms with van der Waals surface area (Å²) in [5.74, 6) is 0.762. The van der Waals surface area contributed by atoms with Gasteiger partial charge in [-0.1, -0.05) is 24.3 Å². The maximum atomic E-state index is 5.55. The minimum Gasteiger partial charge on any atom is -0.330 e. The molecule has 3 aromatic rings. The molecule has 0 unspecified atom stereocenters. The predicted octanol–water partition coefficient (Wildman–Crippen LogP) is 1.60. The highest BCUT2D eigenvalue weighted by Gasteiger charge is 2.08. The number of aromatic nitrogens is 4. The fraction of sp³-hybridized carbons (Fsp3) is 0.214. The van der Waals surface area contributed by atoms with Crippen LogP contribution in [0.1, 0.15) is 11.3 Å². The van der Waals surface area contributed by atoms with Gasteiger partial charge in [0.25, 0.3) is 0 Å². The average molecular weight is 253 g/mol. The van der Waals surface area contributed by atoms with Crippen LogP contribution >= 0.6 is 0 Å². The summed E-state index contributed by atoms with van der Waals surface area (Å²) in [6, 6.07) is 12.1. The number of hydrogen-bond donors (Lipinski definition) is 1. The van der Waals surface area contributed by atoms with Crippen molar-refractivity contribution in [2.75, 3.05) is 6.54 Å². The zero-order chi connectivity index (χ0) is 13.2. The maximum absolute atomic E-state index is 5.55. The molecule has 2 N–H and O–H groups in total. The van der Waals surface area contributed by atoms with E-state index < -0.39 is 0 Å². The first-order chi connectivity index (χ1) is 9.28. The average Bonchev–Trinajstić information content (AvgIpc) is 2.83. The van der Waals surface area contributed by atoms with Crippen LogP contribution in [0.15, 0.2) is 36.4 Å². The van der Waals surface area contributed by atoms with Crippen LogP contribution < -0.4 is 5.73 Å². The van der Waals surface area contributed by atoms with Gasteiger partial charge in [-0.2, -0.15) is 9.61 Å². The van der Waals surface area contributed by atoms with Crippen molar-refractivity contribution in [1.29, 1.82) is 0 Å². The third-order valence-corrected chi connectivity index (χ3v) is 3.04. The molecule has 0 radical (unpaired) electrons. The first-order valence-electron chi connectivity index (χ1n) is 6.26. The summed E-state index contributed by atoms with van der Waals surface area (Å²) >= 11 is 0. The van der Waals surface area contributed by atoms with E-state index in [9.17, 15) is 0 Å². The van der Waals surface area contributed by atoms with Gasteiger partial charge in [-0.05, 0) is 37.6 Å². The summed E-state index contributed by atoms with van der Waals surface area (Å²) in [4.78, 5) is 0. The van der Waals surface area contributed by atoms with E-state index in [0.29, 0.717) is 6.54 Å². The summed E-state index contributed by atoms with van der Waals surface area (Å²) in [6.07, 6.45) is 0.887. The van der Waals surface area contributed by atoms with Crippen LogP contribution in [0, 0.1) is 6.92 Å². The van der Waals surface area contributed by atoms with E-state index in [2.05, 4.69) is 27.4 Å². The van der Waals surface area contributed by atoms with Gasteiger partial charge in [0.1, 0.15) is 0 Å². The third-order valence-electron chi connectivity index (χ3n) is 3.04. The molecule has 2 aromatic heterocycles. The summed E-state index contributed by atoms with van der Waals surface area (Å²) in [5.41, 5.74) is 9.47. The highest BCUT2D eigenvalue weighted by molar-refractivity contribution is 5.59. The van der Waals surface area contributed by atoms with Crippen LogP contribution in [0.4, 0.5) is 0 Å². The van der Waals surface area contributed by atoms with Gasteiger partial charge in [0.15, 0.2) is 11.5 Å². The number of hydrogen-bond acceptors (Lipinski definition) is 4. The zero-order valence-corrected chi connectivity index (χ0v) is 10.7. The molecule has 2 heterocycles. The van der Waals surface area contributed by atoms with Gasteiger partial charge < -0.3 is 5.73 Å². The van der Waals surface area contributed by atoms with E-state index in [0.717, 1.165) is 29.1 Å². The molecule has 0 saturated heterocycles. The molecule has 1 aromatic carbocycles. The van der Waals surface area contributed by atoms with Crippen LogP contribution in [-0.2, 0) is 6.42 Å². The van der Waals surface area contributed by atoms with Gasteiger partial charge in [0.2, 0.25) is 0 Å². The zero-order valence-electron chi connectivity index (χ0n) is 10.7. The molecular formula is C14H15N5. The van der Waals surface area contributed by atoms with Crippen molar-refractivity contribution in [3.63, 3.8) is 0 Å². The van der Waals surface area contributed by atoms with Gasteiger partial charge >= 0.3 is 0 Å². The Balaban J connectivity index is 2.06. The minimum atomic E-state index is 0.661. The fourth-order valence-electron chi connectivity index (χ4n) is 2.05. The number of rotatable bonds is 3. The maximum Gasteiger partial charge on any atom is 0.185 e. The molecule has 0 amide bonds. The second-order valence-corrected chi connectivity index (χ2v) is 4.50. The summed E-state index contributed by atoms with van der Waals surface area (Å²) in [7, 11) is 0. The highest BCUT2D eigenvalue weighted by Crippen LogP contribution is 2.18. The Morgan fingerprint density at radius 2 is 1.84 bits per heavy atom. The Labute approximate surface area is 111 Å². The molecule has 5 heteroatoms. The van der Waals surface area contributed by atoms with Crippen LogP contribution in [0.5, 0.6) is 0 Å². The van der Waals surface area contributed by atoms with Gasteiger partial charge in [-0.15, -0.1) is 10.2 Å². The quantitative estimate of drug-likeness (QED) is 0.769. The third kappa shape index (κ3) is 2.20. The lowest BCUT2D eigenvalue weighted by molar-refractivity contribution is 0.901. The minimum absolute atomic E-state index is 0.661. The molecule has 5 nitrogen and oxygen atoms in total. The Morgan fingerprint density at radius 3 is 2.58 bits per heavy atom. The number of fused-ring (bicyclic) bond motifs is 1. The lowest BCUT2D eigenvalue weighted by Gasteiger charge is -2.02. The number of nitrogens with zero attached hydrogens (tertiary/aromatic N) is 4. The van der Waals surface area contributed by atoms with E-state index in [4.69, 9.17) is 5.73 Å². The summed E-state index contributed by atoms with van der Waals surface area (Å²) in [6.45, 7) is 2.61. The van der Waals surface area contributed by atoms with E-state index in [-0.39, 0.29) is 0 Å². The van der Waals surface area contributed by atoms with E-state index in [1.807, 2.05) is 31.2 Å². The Morgan fingerprint density at radius 1 is 1.05 bits per heavy atom. The van der Waals surface area contributed by atoms with Crippen molar-refractivity contribution in [3.8, 4) is 11.4 Å². The van der Waals surface area contributed by atoms with E-state index in [1.165, 1.54) is 5.56 Å². The van der Waals surface area contributed by atoms with Gasteiger partial charge in [-0.3, -0.25) is 0 Å². The molecule has 19 heavy (non-hydrogen) atoms. The van der Waals surface area contributed by atoms with Gasteiger partial charge in [0.05, 0.1) is 5.69 Å². The second kappa shape index (κ2) is 4.78. The molecule has 0 aliphatic heterocycles. The standard InChI is InChI=1S/C14H15N5/c1-10-2-7-13-16-17-14(19(13)18-10)12-5-3-11(4-6-12)8-9-15/h2-7H,8-9,15H2,1H3. The number of benzene rings is 1. The van der Waals surface area contributed by atoms with Crippen molar-refractivity contribution < 1.29 is 0 Å². The molecular weight excluding hydrogens is 238 g/mol. The fourth-order valence-corrected chi connectivity index (χ4v) is 2.05. The molecule has 0 atom stereocenters. The van der Waals surface area contributed by atoms with E-state index in [1.54, 1.807) is 4.52 Å². The Bertz CT molecular complexity index is 699. The van der Waals surface area contributed by atoms with Crippen molar-refractivity contribution in [3.05, 3.63) is 47.7 Å². The van der Waals surface area contributed by atoms with Crippen LogP contribution in [0.2, 0.25) is 0 Å². The summed E-state index contributed by atoms with van der Waals surface area (Å²) in [5, 5.41) is 12.8. The SMILES string of the molecule is Cc1ccc2nnc(-c3ccc(CCN)cc3)n2n1. The smallest absolute Gasteiger partial charge is 0.185 e. The van der Waals surface area contributed by atoms with Gasteiger partial charge in [0, 0.05) is 5.56 Å². The monoisotopic (exact) mass is 253 g/mol. The Kier molecular flexibility index (Phi) is 2.97. The molecule has 0 aliphatic rings. The second-order valence-electron chi connectivity index (χ2n) is 4.50. The van der Waals surface area contributed by atoms with Gasteiger partial charge in [-0.25, -0.2) is 0 Å². The number of nitrogens with two attached hydrogens (primary N) is 1. The lowest BCUT2D eigenvalue weighted by atomic mass is 10.1. The van der Waals surface area contributed by atoms with Crippen molar-refractivity contribution in [1.82, 2.24) is 19.8 Å². The molecule has 0 fully saturated rings. The van der Waals surface area contributed by atoms with Crippen molar-refractivity contribution in [2.45, 2.75) is 13.3 Å². The van der Waals surface area contributed by atoms with E-state index >= 15 is 0 Å².